The summed E-state index contributed by atoms with van der Waals surface area (Å²) in [6, 6.07) is 1.88. The lowest BCUT2D eigenvalue weighted by Crippen LogP contribution is -2.45. The molecule has 2 saturated heterocycles. The summed E-state index contributed by atoms with van der Waals surface area (Å²) in [5, 5.41) is 0. The van der Waals surface area contributed by atoms with Crippen LogP contribution in [-0.4, -0.2) is 54.5 Å². The van der Waals surface area contributed by atoms with Crippen molar-refractivity contribution in [1.29, 1.82) is 0 Å². The van der Waals surface area contributed by atoms with Crippen molar-refractivity contribution >= 4 is 21.7 Å². The fourth-order valence-electron chi connectivity index (χ4n) is 5.08. The number of sulfonamides is 1. The van der Waals surface area contributed by atoms with Crippen LogP contribution in [0.5, 0.6) is 0 Å². The molecule has 29 heavy (non-hydrogen) atoms. The molecule has 0 bridgehead atoms. The number of likely N-dealkylation sites (tertiary alicyclic amines) is 1. The molecule has 3 aliphatic rings. The number of nitrogens with two attached hydrogens (primary N) is 1. The Balaban J connectivity index is 1.46. The molecule has 1 aliphatic carbocycles. The van der Waals surface area contributed by atoms with Crippen LogP contribution in [0.25, 0.3) is 0 Å². The smallest absolute Gasteiger partial charge is 0.249 e. The molecule has 0 spiro atoms. The minimum absolute atomic E-state index is 0.0183. The van der Waals surface area contributed by atoms with Crippen molar-refractivity contribution in [2.24, 2.45) is 5.92 Å². The Bertz CT molecular complexity index is 897. The van der Waals surface area contributed by atoms with Crippen LogP contribution >= 0.6 is 0 Å². The molecule has 2 atom stereocenters. The SMILES string of the molecule is N[n+]1cccc(S(=O)(=O)N2CC(=O)C3C2CCN3C(=O)CCC2CCCCC2)c1. The van der Waals surface area contributed by atoms with Gasteiger partial charge in [0.25, 0.3) is 0 Å². The molecule has 1 aromatic rings. The quantitative estimate of drug-likeness (QED) is 0.553. The highest BCUT2D eigenvalue weighted by Gasteiger charge is 2.53. The third kappa shape index (κ3) is 3.90. The average Bonchev–Trinajstić information content (AvgIpc) is 3.29. The van der Waals surface area contributed by atoms with Gasteiger partial charge in [-0.05, 0) is 24.8 Å². The molecular formula is C20H29N4O4S+. The van der Waals surface area contributed by atoms with E-state index in [2.05, 4.69) is 0 Å². The van der Waals surface area contributed by atoms with Gasteiger partial charge in [-0.2, -0.15) is 4.31 Å². The van der Waals surface area contributed by atoms with Crippen LogP contribution < -0.4 is 10.5 Å². The Morgan fingerprint density at radius 3 is 2.69 bits per heavy atom. The number of nitrogens with zero attached hydrogens (tertiary/aromatic N) is 3. The van der Waals surface area contributed by atoms with Crippen molar-refractivity contribution in [3.05, 3.63) is 24.5 Å². The van der Waals surface area contributed by atoms with Gasteiger partial charge >= 0.3 is 0 Å². The van der Waals surface area contributed by atoms with E-state index in [1.54, 1.807) is 17.2 Å². The van der Waals surface area contributed by atoms with Crippen molar-refractivity contribution in [1.82, 2.24) is 9.21 Å². The Kier molecular flexibility index (Phi) is 5.61. The zero-order chi connectivity index (χ0) is 20.6. The zero-order valence-corrected chi connectivity index (χ0v) is 17.4. The van der Waals surface area contributed by atoms with Crippen LogP contribution in [0.3, 0.4) is 0 Å². The molecule has 1 saturated carbocycles. The van der Waals surface area contributed by atoms with Gasteiger partial charge in [0.05, 0.1) is 12.6 Å². The van der Waals surface area contributed by atoms with E-state index in [0.29, 0.717) is 25.3 Å². The van der Waals surface area contributed by atoms with Crippen molar-refractivity contribution in [2.75, 3.05) is 18.9 Å². The van der Waals surface area contributed by atoms with Crippen LogP contribution in [0, 0.1) is 5.92 Å². The number of aromatic nitrogens is 1. The number of ketones is 1. The summed E-state index contributed by atoms with van der Waals surface area (Å²) in [5.74, 6) is 6.04. The third-order valence-corrected chi connectivity index (χ3v) is 8.45. The Morgan fingerprint density at radius 1 is 1.21 bits per heavy atom. The highest BCUT2D eigenvalue weighted by Crippen LogP contribution is 2.35. The van der Waals surface area contributed by atoms with Crippen molar-refractivity contribution in [2.45, 2.75) is 68.3 Å². The topological polar surface area (TPSA) is 105 Å². The first kappa shape index (κ1) is 20.3. The molecular weight excluding hydrogens is 392 g/mol. The van der Waals surface area contributed by atoms with E-state index in [1.807, 2.05) is 0 Å². The van der Waals surface area contributed by atoms with Gasteiger partial charge in [-0.25, -0.2) is 14.3 Å². The van der Waals surface area contributed by atoms with Crippen LogP contribution in [0.15, 0.2) is 29.4 Å². The molecule has 1 aromatic heterocycles. The normalized spacial score (nSPS) is 26.1. The summed E-state index contributed by atoms with van der Waals surface area (Å²) in [7, 11) is -3.85. The number of carbonyl (C=O) groups excluding carboxylic acids is 2. The van der Waals surface area contributed by atoms with Crippen LogP contribution in [0.2, 0.25) is 0 Å². The minimum atomic E-state index is -3.85. The van der Waals surface area contributed by atoms with Crippen molar-refractivity contribution in [3.63, 3.8) is 0 Å². The van der Waals surface area contributed by atoms with E-state index in [1.165, 1.54) is 53.3 Å². The van der Waals surface area contributed by atoms with Crippen LogP contribution in [0.1, 0.15) is 51.4 Å². The van der Waals surface area contributed by atoms with Crippen molar-refractivity contribution in [3.8, 4) is 0 Å². The number of rotatable bonds is 5. The molecule has 1 amide bonds. The summed E-state index contributed by atoms with van der Waals surface area (Å²) in [6.07, 6.45) is 10.8. The second-order valence-electron chi connectivity index (χ2n) is 8.43. The molecule has 9 heteroatoms. The molecule has 3 fully saturated rings. The average molecular weight is 422 g/mol. The molecule has 158 valence electrons. The van der Waals surface area contributed by atoms with E-state index in [9.17, 15) is 18.0 Å². The van der Waals surface area contributed by atoms with Gasteiger partial charge in [0.15, 0.2) is 12.0 Å². The molecule has 2 unspecified atom stereocenters. The molecule has 2 aliphatic heterocycles. The maximum absolute atomic E-state index is 13.1. The Hall–Kier alpha value is -2.00. The van der Waals surface area contributed by atoms with Gasteiger partial charge in [0, 0.05) is 19.0 Å². The van der Waals surface area contributed by atoms with E-state index in [0.717, 1.165) is 6.42 Å². The second kappa shape index (κ2) is 8.02. The fraction of sp³-hybridized carbons (Fsp3) is 0.650. The maximum atomic E-state index is 13.1. The molecule has 0 aromatic carbocycles. The lowest BCUT2D eigenvalue weighted by molar-refractivity contribution is -0.641. The number of hydrogen-bond acceptors (Lipinski definition) is 5. The third-order valence-electron chi connectivity index (χ3n) is 6.59. The summed E-state index contributed by atoms with van der Waals surface area (Å²) in [6.45, 7) is 0.242. The monoisotopic (exact) mass is 421 g/mol. The van der Waals surface area contributed by atoms with Gasteiger partial charge in [0.2, 0.25) is 22.1 Å². The number of carbonyl (C=O) groups is 2. The number of fused-ring (bicyclic) bond motifs is 1. The van der Waals surface area contributed by atoms with Gasteiger partial charge < -0.3 is 4.90 Å². The summed E-state index contributed by atoms with van der Waals surface area (Å²) in [4.78, 5) is 27.2. The minimum Gasteiger partial charge on any atom is -0.331 e. The maximum Gasteiger partial charge on any atom is 0.249 e. The number of amides is 1. The highest BCUT2D eigenvalue weighted by atomic mass is 32.2. The van der Waals surface area contributed by atoms with Gasteiger partial charge in [-0.3, -0.25) is 9.59 Å². The number of Topliss-reactive ketones (excluding diaryl/α,β-unsaturated/α-hetero) is 1. The number of nitrogen functional groups attached to an aromatic ring is 1. The summed E-state index contributed by atoms with van der Waals surface area (Å²) >= 11 is 0. The predicted octanol–water partition coefficient (Wildman–Crippen LogP) is 0.591. The molecule has 3 heterocycles. The Morgan fingerprint density at radius 2 is 1.97 bits per heavy atom. The fourth-order valence-corrected chi connectivity index (χ4v) is 6.73. The zero-order valence-electron chi connectivity index (χ0n) is 16.6. The van der Waals surface area contributed by atoms with E-state index >= 15 is 0 Å². The van der Waals surface area contributed by atoms with E-state index in [4.69, 9.17) is 5.84 Å². The first-order chi connectivity index (χ1) is 13.9. The number of pyridine rings is 1. The first-order valence-corrected chi connectivity index (χ1v) is 11.9. The molecule has 8 nitrogen and oxygen atoms in total. The Labute approximate surface area is 171 Å². The van der Waals surface area contributed by atoms with Crippen LogP contribution in [0.4, 0.5) is 0 Å². The van der Waals surface area contributed by atoms with Crippen molar-refractivity contribution < 1.29 is 22.7 Å². The molecule has 4 rings (SSSR count). The second-order valence-corrected chi connectivity index (χ2v) is 10.3. The standard InChI is InChI=1S/C20H29N4O4S/c21-22-11-4-7-16(13-22)29(27,28)24-14-18(25)20-17(24)10-12-23(20)19(26)9-8-15-5-2-1-3-6-15/h4,7,11,13,15,17,20H,1-3,5-6,8-10,12,14,21H2/q+1. The van der Waals surface area contributed by atoms with E-state index in [-0.39, 0.29) is 23.1 Å². The largest absolute Gasteiger partial charge is 0.331 e. The van der Waals surface area contributed by atoms with E-state index < -0.39 is 22.1 Å². The van der Waals surface area contributed by atoms with Gasteiger partial charge in [-0.1, -0.05) is 36.8 Å². The molecule has 2 N–H and O–H groups in total. The predicted molar refractivity (Wildman–Crippen MR) is 105 cm³/mol. The summed E-state index contributed by atoms with van der Waals surface area (Å²) in [5.41, 5.74) is 0. The summed E-state index contributed by atoms with van der Waals surface area (Å²) < 4.78 is 28.6. The van der Waals surface area contributed by atoms with Crippen LogP contribution in [-0.2, 0) is 19.6 Å². The first-order valence-electron chi connectivity index (χ1n) is 10.5. The highest BCUT2D eigenvalue weighted by molar-refractivity contribution is 7.89. The lowest BCUT2D eigenvalue weighted by Gasteiger charge is -2.25. The number of hydrogen-bond donors (Lipinski definition) is 1. The van der Waals surface area contributed by atoms with Gasteiger partial charge in [0.1, 0.15) is 10.9 Å². The van der Waals surface area contributed by atoms with Gasteiger partial charge in [-0.15, -0.1) is 0 Å². The lowest BCUT2D eigenvalue weighted by atomic mass is 9.86. The molecule has 0 radical (unpaired) electrons.